The quantitative estimate of drug-likeness (QED) is 0.622. The molecule has 0 aromatic rings. The Labute approximate surface area is 83.8 Å². The molecule has 0 saturated carbocycles. The molecule has 1 rings (SSSR count). The Morgan fingerprint density at radius 2 is 2.07 bits per heavy atom. The maximum Gasteiger partial charge on any atom is 0.241 e. The lowest BCUT2D eigenvalue weighted by molar-refractivity contribution is -0.135. The number of carbonyl (C=O) groups is 2. The van der Waals surface area contributed by atoms with Gasteiger partial charge in [0.1, 0.15) is 0 Å². The summed E-state index contributed by atoms with van der Waals surface area (Å²) in [6, 6.07) is -0.0878. The van der Waals surface area contributed by atoms with Gasteiger partial charge in [-0.1, -0.05) is 0 Å². The summed E-state index contributed by atoms with van der Waals surface area (Å²) in [5.41, 5.74) is 5.60. The van der Waals surface area contributed by atoms with Crippen LogP contribution < -0.4 is 5.73 Å². The third kappa shape index (κ3) is 2.70. The molecular formula is C9H17N3O2. The molecule has 14 heavy (non-hydrogen) atoms. The lowest BCUT2D eigenvalue weighted by Crippen LogP contribution is -2.42. The Morgan fingerprint density at radius 3 is 2.64 bits per heavy atom. The average Bonchev–Trinajstić information content (AvgIpc) is 2.19. The molecule has 2 amide bonds. The van der Waals surface area contributed by atoms with Crippen LogP contribution in [0.3, 0.4) is 0 Å². The summed E-state index contributed by atoms with van der Waals surface area (Å²) in [7, 11) is 1.71. The zero-order valence-corrected chi connectivity index (χ0v) is 8.69. The van der Waals surface area contributed by atoms with Crippen LogP contribution in [0.2, 0.25) is 0 Å². The number of likely N-dealkylation sites (N-methyl/N-ethyl adjacent to an activating group) is 1. The molecule has 1 heterocycles. The Balaban J connectivity index is 2.64. The fourth-order valence-electron chi connectivity index (χ4n) is 1.43. The highest BCUT2D eigenvalue weighted by Crippen LogP contribution is 2.04. The van der Waals surface area contributed by atoms with Crippen molar-refractivity contribution in [2.45, 2.75) is 19.4 Å². The molecule has 1 aliphatic rings. The van der Waals surface area contributed by atoms with E-state index in [4.69, 9.17) is 5.73 Å². The summed E-state index contributed by atoms with van der Waals surface area (Å²) in [4.78, 5) is 26.1. The lowest BCUT2D eigenvalue weighted by atomic mass is 10.3. The molecule has 5 nitrogen and oxygen atoms in total. The van der Waals surface area contributed by atoms with Gasteiger partial charge in [0.05, 0.1) is 6.54 Å². The first-order chi connectivity index (χ1) is 6.50. The van der Waals surface area contributed by atoms with Crippen LogP contribution in [0.15, 0.2) is 0 Å². The maximum atomic E-state index is 11.5. The number of carbonyl (C=O) groups excluding carboxylic acids is 2. The zero-order valence-electron chi connectivity index (χ0n) is 8.69. The fraction of sp³-hybridized carbons (Fsp3) is 0.778. The van der Waals surface area contributed by atoms with Gasteiger partial charge in [0.2, 0.25) is 11.8 Å². The van der Waals surface area contributed by atoms with Gasteiger partial charge in [-0.15, -0.1) is 0 Å². The fourth-order valence-corrected chi connectivity index (χ4v) is 1.43. The molecule has 0 radical (unpaired) electrons. The monoisotopic (exact) mass is 199 g/mol. The van der Waals surface area contributed by atoms with Gasteiger partial charge in [0.25, 0.3) is 0 Å². The largest absolute Gasteiger partial charge is 0.344 e. The summed E-state index contributed by atoms with van der Waals surface area (Å²) >= 11 is 0. The van der Waals surface area contributed by atoms with Crippen LogP contribution in [0.5, 0.6) is 0 Å². The predicted octanol–water partition coefficient (Wildman–Crippen LogP) is -0.976. The number of hydrogen-bond donors (Lipinski definition) is 1. The molecule has 1 aliphatic heterocycles. The number of rotatable bonds is 2. The van der Waals surface area contributed by atoms with E-state index in [1.165, 1.54) is 4.90 Å². The van der Waals surface area contributed by atoms with Gasteiger partial charge < -0.3 is 15.5 Å². The van der Waals surface area contributed by atoms with Crippen LogP contribution in [-0.4, -0.2) is 54.3 Å². The smallest absolute Gasteiger partial charge is 0.241 e. The zero-order chi connectivity index (χ0) is 10.7. The van der Waals surface area contributed by atoms with Crippen LogP contribution in [0.4, 0.5) is 0 Å². The molecular weight excluding hydrogens is 182 g/mol. The molecule has 1 atom stereocenters. The Morgan fingerprint density at radius 1 is 1.43 bits per heavy atom. The van der Waals surface area contributed by atoms with Crippen molar-refractivity contribution in [3.8, 4) is 0 Å². The van der Waals surface area contributed by atoms with Crippen molar-refractivity contribution in [1.29, 1.82) is 0 Å². The van der Waals surface area contributed by atoms with Crippen molar-refractivity contribution in [3.63, 3.8) is 0 Å². The third-order valence-electron chi connectivity index (χ3n) is 2.27. The molecule has 0 aliphatic carbocycles. The summed E-state index contributed by atoms with van der Waals surface area (Å²) in [5, 5.41) is 0. The standard InChI is InChI=1S/C9H17N3O2/c1-7(10)5-12-6-9(14)11(2)4-3-8(12)13/h7H,3-6,10H2,1-2H3. The second-order valence-corrected chi connectivity index (χ2v) is 3.82. The van der Waals surface area contributed by atoms with Crippen molar-refractivity contribution < 1.29 is 9.59 Å². The van der Waals surface area contributed by atoms with Crippen molar-refractivity contribution in [2.24, 2.45) is 5.73 Å². The second kappa shape index (κ2) is 4.41. The Bertz CT molecular complexity index is 240. The van der Waals surface area contributed by atoms with Crippen LogP contribution in [0, 0.1) is 0 Å². The highest BCUT2D eigenvalue weighted by molar-refractivity contribution is 5.87. The van der Waals surface area contributed by atoms with E-state index in [-0.39, 0.29) is 24.4 Å². The first kappa shape index (κ1) is 11.0. The van der Waals surface area contributed by atoms with E-state index in [2.05, 4.69) is 0 Å². The van der Waals surface area contributed by atoms with Gasteiger partial charge in [-0.3, -0.25) is 9.59 Å². The van der Waals surface area contributed by atoms with Crippen LogP contribution in [-0.2, 0) is 9.59 Å². The molecule has 0 bridgehead atoms. The van der Waals surface area contributed by atoms with Gasteiger partial charge >= 0.3 is 0 Å². The van der Waals surface area contributed by atoms with Crippen LogP contribution in [0.25, 0.3) is 0 Å². The summed E-state index contributed by atoms with van der Waals surface area (Å²) < 4.78 is 0. The van der Waals surface area contributed by atoms with Crippen LogP contribution in [0.1, 0.15) is 13.3 Å². The normalized spacial score (nSPS) is 21.1. The van der Waals surface area contributed by atoms with Gasteiger partial charge in [-0.25, -0.2) is 0 Å². The molecule has 80 valence electrons. The van der Waals surface area contributed by atoms with Gasteiger partial charge in [0, 0.05) is 32.6 Å². The first-order valence-electron chi connectivity index (χ1n) is 4.78. The molecule has 1 unspecified atom stereocenters. The highest BCUT2D eigenvalue weighted by atomic mass is 16.2. The van der Waals surface area contributed by atoms with E-state index in [0.717, 1.165) is 0 Å². The molecule has 0 spiro atoms. The molecule has 1 fully saturated rings. The van der Waals surface area contributed by atoms with E-state index in [9.17, 15) is 9.59 Å². The molecule has 2 N–H and O–H groups in total. The van der Waals surface area contributed by atoms with E-state index < -0.39 is 0 Å². The van der Waals surface area contributed by atoms with E-state index in [1.807, 2.05) is 6.92 Å². The SMILES string of the molecule is CC(N)CN1CC(=O)N(C)CCC1=O. The van der Waals surface area contributed by atoms with Gasteiger partial charge in [0.15, 0.2) is 0 Å². The highest BCUT2D eigenvalue weighted by Gasteiger charge is 2.24. The predicted molar refractivity (Wildman–Crippen MR) is 52.5 cm³/mol. The van der Waals surface area contributed by atoms with Crippen LogP contribution >= 0.6 is 0 Å². The van der Waals surface area contributed by atoms with E-state index in [0.29, 0.717) is 19.5 Å². The summed E-state index contributed by atoms with van der Waals surface area (Å²) in [6.45, 7) is 2.95. The van der Waals surface area contributed by atoms with Crippen molar-refractivity contribution in [3.05, 3.63) is 0 Å². The lowest BCUT2D eigenvalue weighted by Gasteiger charge is -2.21. The Hall–Kier alpha value is -1.10. The minimum atomic E-state index is -0.0878. The third-order valence-corrected chi connectivity index (χ3v) is 2.27. The number of nitrogens with zero attached hydrogens (tertiary/aromatic N) is 2. The van der Waals surface area contributed by atoms with Gasteiger partial charge in [-0.05, 0) is 6.92 Å². The van der Waals surface area contributed by atoms with Crippen molar-refractivity contribution in [1.82, 2.24) is 9.80 Å². The minimum Gasteiger partial charge on any atom is -0.344 e. The van der Waals surface area contributed by atoms with E-state index >= 15 is 0 Å². The first-order valence-corrected chi connectivity index (χ1v) is 4.78. The maximum absolute atomic E-state index is 11.5. The summed E-state index contributed by atoms with van der Waals surface area (Å²) in [5.74, 6) is -0.00324. The molecule has 5 heteroatoms. The molecule has 1 saturated heterocycles. The minimum absolute atomic E-state index is 0.0139. The molecule has 0 aromatic carbocycles. The van der Waals surface area contributed by atoms with Crippen molar-refractivity contribution in [2.75, 3.05) is 26.7 Å². The number of hydrogen-bond acceptors (Lipinski definition) is 3. The summed E-state index contributed by atoms with van der Waals surface area (Å²) in [6.07, 6.45) is 0.398. The van der Waals surface area contributed by atoms with Gasteiger partial charge in [-0.2, -0.15) is 0 Å². The Kier molecular flexibility index (Phi) is 3.46. The average molecular weight is 199 g/mol. The molecule has 0 aromatic heterocycles. The topological polar surface area (TPSA) is 66.6 Å². The van der Waals surface area contributed by atoms with E-state index in [1.54, 1.807) is 11.9 Å². The van der Waals surface area contributed by atoms with Crippen molar-refractivity contribution >= 4 is 11.8 Å². The number of amides is 2. The second-order valence-electron chi connectivity index (χ2n) is 3.82. The number of nitrogens with two attached hydrogens (primary N) is 1.